The second-order valence-electron chi connectivity index (χ2n) is 4.02. The Morgan fingerprint density at radius 1 is 1.47 bits per heavy atom. The van der Waals surface area contributed by atoms with Crippen molar-refractivity contribution in [2.75, 3.05) is 5.73 Å². The molecule has 0 aliphatic rings. The van der Waals surface area contributed by atoms with Gasteiger partial charge in [-0.2, -0.15) is 0 Å². The molecular formula is C11H15ClFNO. The molecule has 0 atom stereocenters. The number of anilines is 1. The van der Waals surface area contributed by atoms with Crippen LogP contribution < -0.4 is 10.5 Å². The fraction of sp³-hybridized carbons (Fsp3) is 0.455. The van der Waals surface area contributed by atoms with Gasteiger partial charge in [0.05, 0.1) is 10.7 Å². The Morgan fingerprint density at radius 2 is 2.07 bits per heavy atom. The lowest BCUT2D eigenvalue weighted by molar-refractivity contribution is 0.106. The molecule has 4 heteroatoms. The molecule has 0 spiro atoms. The van der Waals surface area contributed by atoms with E-state index >= 15 is 0 Å². The lowest BCUT2D eigenvalue weighted by Gasteiger charge is -2.25. The Morgan fingerprint density at radius 3 is 2.60 bits per heavy atom. The van der Waals surface area contributed by atoms with E-state index in [2.05, 4.69) is 0 Å². The van der Waals surface area contributed by atoms with E-state index in [1.165, 1.54) is 12.1 Å². The first-order chi connectivity index (χ1) is 6.85. The van der Waals surface area contributed by atoms with Crippen LogP contribution in [-0.2, 0) is 0 Å². The molecule has 1 aromatic rings. The molecule has 84 valence electrons. The lowest BCUT2D eigenvalue weighted by atomic mass is 10.1. The highest BCUT2D eigenvalue weighted by molar-refractivity contribution is 6.31. The highest BCUT2D eigenvalue weighted by atomic mass is 35.5. The van der Waals surface area contributed by atoms with Crippen molar-refractivity contribution in [3.63, 3.8) is 0 Å². The maximum absolute atomic E-state index is 13.2. The first kappa shape index (κ1) is 12.1. The number of rotatable bonds is 3. The molecule has 0 fully saturated rings. The van der Waals surface area contributed by atoms with Crippen LogP contribution in [0.2, 0.25) is 5.02 Å². The fourth-order valence-electron chi connectivity index (χ4n) is 1.00. The minimum Gasteiger partial charge on any atom is -0.486 e. The van der Waals surface area contributed by atoms with Crippen LogP contribution in [-0.4, -0.2) is 5.60 Å². The highest BCUT2D eigenvalue weighted by Gasteiger charge is 2.19. The van der Waals surface area contributed by atoms with Crippen LogP contribution in [0, 0.1) is 5.82 Å². The van der Waals surface area contributed by atoms with Crippen LogP contribution in [0.3, 0.4) is 0 Å². The smallest absolute Gasteiger partial charge is 0.146 e. The van der Waals surface area contributed by atoms with Crippen LogP contribution >= 0.6 is 11.6 Å². The summed E-state index contributed by atoms with van der Waals surface area (Å²) in [6.07, 6.45) is 0.802. The molecule has 2 N–H and O–H groups in total. The van der Waals surface area contributed by atoms with Crippen molar-refractivity contribution >= 4 is 17.3 Å². The maximum Gasteiger partial charge on any atom is 0.146 e. The van der Waals surface area contributed by atoms with E-state index in [0.29, 0.717) is 11.4 Å². The van der Waals surface area contributed by atoms with Crippen molar-refractivity contribution in [1.29, 1.82) is 0 Å². The first-order valence-electron chi connectivity index (χ1n) is 4.79. The molecule has 1 rings (SSSR count). The van der Waals surface area contributed by atoms with Gasteiger partial charge in [-0.05, 0) is 26.3 Å². The van der Waals surface area contributed by atoms with Gasteiger partial charge in [-0.1, -0.05) is 18.5 Å². The largest absolute Gasteiger partial charge is 0.486 e. The Hall–Kier alpha value is -0.960. The van der Waals surface area contributed by atoms with Crippen LogP contribution in [0.1, 0.15) is 27.2 Å². The van der Waals surface area contributed by atoms with Crippen LogP contribution in [0.15, 0.2) is 12.1 Å². The number of hydrogen-bond acceptors (Lipinski definition) is 2. The molecule has 0 heterocycles. The Labute approximate surface area is 94.2 Å². The van der Waals surface area contributed by atoms with Gasteiger partial charge in [0, 0.05) is 6.07 Å². The molecule has 1 aromatic carbocycles. The molecular weight excluding hydrogens is 217 g/mol. The van der Waals surface area contributed by atoms with Crippen molar-refractivity contribution in [1.82, 2.24) is 0 Å². The summed E-state index contributed by atoms with van der Waals surface area (Å²) in [4.78, 5) is 0. The van der Waals surface area contributed by atoms with Crippen LogP contribution in [0.5, 0.6) is 5.75 Å². The van der Waals surface area contributed by atoms with Gasteiger partial charge in [0.2, 0.25) is 0 Å². The second-order valence-corrected chi connectivity index (χ2v) is 4.43. The number of nitrogen functional groups attached to an aromatic ring is 1. The summed E-state index contributed by atoms with van der Waals surface area (Å²) in [5.41, 5.74) is 5.66. The van der Waals surface area contributed by atoms with Gasteiger partial charge in [-0.3, -0.25) is 0 Å². The molecule has 15 heavy (non-hydrogen) atoms. The first-order valence-corrected chi connectivity index (χ1v) is 5.17. The second kappa shape index (κ2) is 4.27. The third kappa shape index (κ3) is 2.99. The van der Waals surface area contributed by atoms with Gasteiger partial charge < -0.3 is 10.5 Å². The number of halogens is 2. The lowest BCUT2D eigenvalue weighted by Crippen LogP contribution is -2.27. The summed E-state index contributed by atoms with van der Waals surface area (Å²) in [5.74, 6) is -0.184. The molecule has 0 saturated heterocycles. The van der Waals surface area contributed by atoms with Gasteiger partial charge in [0.1, 0.15) is 17.2 Å². The predicted octanol–water partition coefficient (Wildman–Crippen LogP) is 3.63. The number of hydrogen-bond donors (Lipinski definition) is 1. The quantitative estimate of drug-likeness (QED) is 0.807. The molecule has 0 unspecified atom stereocenters. The third-order valence-electron chi connectivity index (χ3n) is 2.29. The number of ether oxygens (including phenoxy) is 1. The van der Waals surface area contributed by atoms with E-state index in [-0.39, 0.29) is 10.6 Å². The standard InChI is InChI=1S/C11H15ClFNO/c1-4-11(2,3)15-10-6-8(13)7(12)5-9(10)14/h5-6H,4,14H2,1-3H3. The molecule has 2 nitrogen and oxygen atoms in total. The van der Waals surface area contributed by atoms with Gasteiger partial charge in [-0.15, -0.1) is 0 Å². The van der Waals surface area contributed by atoms with E-state index in [0.717, 1.165) is 6.42 Å². The monoisotopic (exact) mass is 231 g/mol. The zero-order chi connectivity index (χ0) is 11.6. The third-order valence-corrected chi connectivity index (χ3v) is 2.58. The van der Waals surface area contributed by atoms with Crippen molar-refractivity contribution < 1.29 is 9.13 Å². The Balaban J connectivity index is 3.01. The SMILES string of the molecule is CCC(C)(C)Oc1cc(F)c(Cl)cc1N. The summed E-state index contributed by atoms with van der Waals surface area (Å²) in [7, 11) is 0. The fourth-order valence-corrected chi connectivity index (χ4v) is 1.17. The Kier molecular flexibility index (Phi) is 3.45. The van der Waals surface area contributed by atoms with Gasteiger partial charge in [-0.25, -0.2) is 4.39 Å². The average Bonchev–Trinajstić information content (AvgIpc) is 2.14. The predicted molar refractivity (Wildman–Crippen MR) is 60.8 cm³/mol. The molecule has 0 amide bonds. The summed E-state index contributed by atoms with van der Waals surface area (Å²) >= 11 is 5.58. The van der Waals surface area contributed by atoms with Crippen molar-refractivity contribution in [2.24, 2.45) is 0 Å². The number of nitrogens with two attached hydrogens (primary N) is 1. The summed E-state index contributed by atoms with van der Waals surface area (Å²) in [6, 6.07) is 2.58. The highest BCUT2D eigenvalue weighted by Crippen LogP contribution is 2.31. The van der Waals surface area contributed by atoms with Crippen molar-refractivity contribution in [3.05, 3.63) is 23.0 Å². The average molecular weight is 232 g/mol. The minimum absolute atomic E-state index is 0.00848. The van der Waals surface area contributed by atoms with E-state index in [9.17, 15) is 4.39 Å². The summed E-state index contributed by atoms with van der Waals surface area (Å²) < 4.78 is 18.8. The molecule has 0 bridgehead atoms. The summed E-state index contributed by atoms with van der Waals surface area (Å²) in [5, 5.41) is 0.00848. The van der Waals surface area contributed by atoms with Crippen LogP contribution in [0.25, 0.3) is 0 Å². The molecule has 0 aromatic heterocycles. The molecule has 0 saturated carbocycles. The zero-order valence-electron chi connectivity index (χ0n) is 9.10. The summed E-state index contributed by atoms with van der Waals surface area (Å²) in [6.45, 7) is 5.82. The van der Waals surface area contributed by atoms with E-state index < -0.39 is 5.82 Å². The maximum atomic E-state index is 13.2. The zero-order valence-corrected chi connectivity index (χ0v) is 9.86. The normalized spacial score (nSPS) is 11.5. The molecule has 0 radical (unpaired) electrons. The van der Waals surface area contributed by atoms with E-state index in [1.807, 2.05) is 20.8 Å². The molecule has 0 aliphatic carbocycles. The van der Waals surface area contributed by atoms with Gasteiger partial charge in [0.25, 0.3) is 0 Å². The van der Waals surface area contributed by atoms with Gasteiger partial charge >= 0.3 is 0 Å². The van der Waals surface area contributed by atoms with E-state index in [1.54, 1.807) is 0 Å². The van der Waals surface area contributed by atoms with E-state index in [4.69, 9.17) is 22.1 Å². The van der Waals surface area contributed by atoms with Crippen molar-refractivity contribution in [2.45, 2.75) is 32.8 Å². The number of benzene rings is 1. The van der Waals surface area contributed by atoms with Crippen LogP contribution in [0.4, 0.5) is 10.1 Å². The minimum atomic E-state index is -0.521. The van der Waals surface area contributed by atoms with Crippen molar-refractivity contribution in [3.8, 4) is 5.75 Å². The topological polar surface area (TPSA) is 35.2 Å². The van der Waals surface area contributed by atoms with Gasteiger partial charge in [0.15, 0.2) is 0 Å². The Bertz CT molecular complexity index is 366. The molecule has 0 aliphatic heterocycles.